The molecule has 0 spiro atoms. The average Bonchev–Trinajstić information content (AvgIpc) is 2.73. The number of amides is 2. The predicted molar refractivity (Wildman–Crippen MR) is 113 cm³/mol. The van der Waals surface area contributed by atoms with Crippen molar-refractivity contribution in [2.45, 2.75) is 33.7 Å². The second-order valence-corrected chi connectivity index (χ2v) is 7.27. The van der Waals surface area contributed by atoms with Gasteiger partial charge >= 0.3 is 0 Å². The standard InChI is InChI=1S/C22H24N4O4/c1-13(2)26-22(29)18-8-6-5-7-17(18)20(25-26)21(28)24-23-19(27)12-30-16-10-9-14(3)15(4)11-16/h5-11,13H,12H2,1-4H3,(H,23,27)(H,24,28). The van der Waals surface area contributed by atoms with Crippen molar-refractivity contribution in [3.63, 3.8) is 0 Å². The minimum Gasteiger partial charge on any atom is -0.484 e. The lowest BCUT2D eigenvalue weighted by molar-refractivity contribution is -0.123. The van der Waals surface area contributed by atoms with Crippen LogP contribution in [-0.4, -0.2) is 28.2 Å². The summed E-state index contributed by atoms with van der Waals surface area (Å²) in [6, 6.07) is 12.0. The van der Waals surface area contributed by atoms with Gasteiger partial charge < -0.3 is 4.74 Å². The van der Waals surface area contributed by atoms with Gasteiger partial charge in [0.1, 0.15) is 5.75 Å². The summed E-state index contributed by atoms with van der Waals surface area (Å²) in [5.74, 6) is -0.584. The first-order valence-electron chi connectivity index (χ1n) is 9.58. The zero-order chi connectivity index (χ0) is 21.8. The van der Waals surface area contributed by atoms with Crippen LogP contribution < -0.4 is 21.1 Å². The summed E-state index contributed by atoms with van der Waals surface area (Å²) in [4.78, 5) is 37.3. The van der Waals surface area contributed by atoms with E-state index >= 15 is 0 Å². The van der Waals surface area contributed by atoms with E-state index in [0.29, 0.717) is 16.5 Å². The molecule has 0 aliphatic heterocycles. The topological polar surface area (TPSA) is 102 Å². The highest BCUT2D eigenvalue weighted by molar-refractivity contribution is 6.05. The molecule has 2 N–H and O–H groups in total. The van der Waals surface area contributed by atoms with Gasteiger partial charge in [0.2, 0.25) is 0 Å². The van der Waals surface area contributed by atoms with Gasteiger partial charge in [-0.3, -0.25) is 25.2 Å². The Morgan fingerprint density at radius 2 is 1.73 bits per heavy atom. The monoisotopic (exact) mass is 408 g/mol. The molecule has 2 amide bonds. The van der Waals surface area contributed by atoms with Gasteiger partial charge in [-0.2, -0.15) is 5.10 Å². The van der Waals surface area contributed by atoms with Crippen molar-refractivity contribution in [1.82, 2.24) is 20.6 Å². The Labute approximate surface area is 173 Å². The third-order valence-electron chi connectivity index (χ3n) is 4.70. The van der Waals surface area contributed by atoms with Gasteiger partial charge in [-0.15, -0.1) is 0 Å². The van der Waals surface area contributed by atoms with Crippen LogP contribution in [0.25, 0.3) is 10.8 Å². The number of hydrogen-bond acceptors (Lipinski definition) is 5. The Morgan fingerprint density at radius 3 is 2.40 bits per heavy atom. The lowest BCUT2D eigenvalue weighted by Gasteiger charge is -2.14. The first-order valence-corrected chi connectivity index (χ1v) is 9.58. The molecule has 0 radical (unpaired) electrons. The minimum absolute atomic E-state index is 0.0503. The van der Waals surface area contributed by atoms with Crippen molar-refractivity contribution < 1.29 is 14.3 Å². The number of carbonyl (C=O) groups excluding carboxylic acids is 2. The van der Waals surface area contributed by atoms with Gasteiger partial charge in [-0.1, -0.05) is 24.3 Å². The van der Waals surface area contributed by atoms with Gasteiger partial charge in [-0.05, 0) is 57.0 Å². The van der Waals surface area contributed by atoms with Crippen molar-refractivity contribution in [2.24, 2.45) is 0 Å². The van der Waals surface area contributed by atoms with E-state index in [1.807, 2.05) is 26.0 Å². The fourth-order valence-corrected chi connectivity index (χ4v) is 2.90. The van der Waals surface area contributed by atoms with Gasteiger partial charge in [0.15, 0.2) is 12.3 Å². The molecule has 0 bridgehead atoms. The molecule has 0 atom stereocenters. The fourth-order valence-electron chi connectivity index (χ4n) is 2.90. The first-order chi connectivity index (χ1) is 14.3. The maximum Gasteiger partial charge on any atom is 0.290 e. The van der Waals surface area contributed by atoms with E-state index in [1.54, 1.807) is 44.2 Å². The van der Waals surface area contributed by atoms with Crippen LogP contribution in [0.15, 0.2) is 47.3 Å². The number of carbonyl (C=O) groups is 2. The van der Waals surface area contributed by atoms with E-state index in [9.17, 15) is 14.4 Å². The molecule has 8 heteroatoms. The number of benzene rings is 2. The number of hydrazine groups is 1. The molecule has 1 aromatic heterocycles. The van der Waals surface area contributed by atoms with Crippen LogP contribution in [0.2, 0.25) is 0 Å². The SMILES string of the molecule is Cc1ccc(OCC(=O)NNC(=O)c2nn(C(C)C)c(=O)c3ccccc23)cc1C. The zero-order valence-electron chi connectivity index (χ0n) is 17.4. The van der Waals surface area contributed by atoms with E-state index in [-0.39, 0.29) is 23.9 Å². The summed E-state index contributed by atoms with van der Waals surface area (Å²) in [7, 11) is 0. The summed E-state index contributed by atoms with van der Waals surface area (Å²) in [6.45, 7) is 7.29. The lowest BCUT2D eigenvalue weighted by Crippen LogP contribution is -2.44. The third-order valence-corrected chi connectivity index (χ3v) is 4.70. The quantitative estimate of drug-likeness (QED) is 0.632. The van der Waals surface area contributed by atoms with E-state index in [2.05, 4.69) is 16.0 Å². The number of nitrogens with zero attached hydrogens (tertiary/aromatic N) is 2. The van der Waals surface area contributed by atoms with E-state index in [1.165, 1.54) is 4.68 Å². The molecule has 3 rings (SSSR count). The molecule has 0 aliphatic rings. The summed E-state index contributed by atoms with van der Waals surface area (Å²) in [6.07, 6.45) is 0. The van der Waals surface area contributed by atoms with E-state index in [4.69, 9.17) is 4.74 Å². The second-order valence-electron chi connectivity index (χ2n) is 7.27. The highest BCUT2D eigenvalue weighted by atomic mass is 16.5. The molecule has 3 aromatic rings. The normalized spacial score (nSPS) is 10.8. The zero-order valence-corrected chi connectivity index (χ0v) is 17.4. The molecule has 8 nitrogen and oxygen atoms in total. The van der Waals surface area contributed by atoms with Gasteiger partial charge in [0.25, 0.3) is 17.4 Å². The Balaban J connectivity index is 1.70. The molecule has 30 heavy (non-hydrogen) atoms. The number of hydrogen-bond donors (Lipinski definition) is 2. The molecule has 2 aromatic carbocycles. The summed E-state index contributed by atoms with van der Waals surface area (Å²) in [5.41, 5.74) is 6.61. The summed E-state index contributed by atoms with van der Waals surface area (Å²) in [5, 5.41) is 5.00. The van der Waals surface area contributed by atoms with Crippen LogP contribution in [0, 0.1) is 13.8 Å². The van der Waals surface area contributed by atoms with Crippen molar-refractivity contribution in [1.29, 1.82) is 0 Å². The Morgan fingerprint density at radius 1 is 1.03 bits per heavy atom. The maximum atomic E-state index is 12.7. The Kier molecular flexibility index (Phi) is 6.15. The molecular formula is C22H24N4O4. The van der Waals surface area contributed by atoms with Crippen LogP contribution in [0.1, 0.15) is 41.5 Å². The number of fused-ring (bicyclic) bond motifs is 1. The predicted octanol–water partition coefficient (Wildman–Crippen LogP) is 2.43. The Hall–Kier alpha value is -3.68. The average molecular weight is 408 g/mol. The van der Waals surface area contributed by atoms with Crippen LogP contribution >= 0.6 is 0 Å². The van der Waals surface area contributed by atoms with Crippen LogP contribution in [-0.2, 0) is 4.79 Å². The molecule has 0 aliphatic carbocycles. The van der Waals surface area contributed by atoms with Crippen molar-refractivity contribution in [3.8, 4) is 5.75 Å². The molecular weight excluding hydrogens is 384 g/mol. The minimum atomic E-state index is -0.625. The van der Waals surface area contributed by atoms with Crippen LogP contribution in [0.4, 0.5) is 0 Å². The second kappa shape index (κ2) is 8.77. The third kappa shape index (κ3) is 4.48. The van der Waals surface area contributed by atoms with Crippen molar-refractivity contribution in [2.75, 3.05) is 6.61 Å². The van der Waals surface area contributed by atoms with Gasteiger partial charge in [-0.25, -0.2) is 4.68 Å². The summed E-state index contributed by atoms with van der Waals surface area (Å²) >= 11 is 0. The number of aromatic nitrogens is 2. The molecule has 0 saturated carbocycles. The molecule has 0 unspecified atom stereocenters. The largest absolute Gasteiger partial charge is 0.484 e. The smallest absolute Gasteiger partial charge is 0.290 e. The van der Waals surface area contributed by atoms with Crippen LogP contribution in [0.5, 0.6) is 5.75 Å². The number of rotatable bonds is 5. The maximum absolute atomic E-state index is 12.7. The summed E-state index contributed by atoms with van der Waals surface area (Å²) < 4.78 is 6.71. The van der Waals surface area contributed by atoms with Gasteiger partial charge in [0.05, 0.1) is 11.4 Å². The first kappa shape index (κ1) is 21.0. The number of aryl methyl sites for hydroxylation is 2. The van der Waals surface area contributed by atoms with E-state index < -0.39 is 11.8 Å². The Bertz CT molecular complexity index is 1170. The van der Waals surface area contributed by atoms with Gasteiger partial charge in [0, 0.05) is 5.39 Å². The fraction of sp³-hybridized carbons (Fsp3) is 0.273. The number of nitrogens with one attached hydrogen (secondary N) is 2. The number of ether oxygens (including phenoxy) is 1. The van der Waals surface area contributed by atoms with Crippen LogP contribution in [0.3, 0.4) is 0 Å². The molecule has 156 valence electrons. The molecule has 1 heterocycles. The molecule has 0 saturated heterocycles. The molecule has 0 fully saturated rings. The highest BCUT2D eigenvalue weighted by Gasteiger charge is 2.18. The lowest BCUT2D eigenvalue weighted by atomic mass is 10.1. The van der Waals surface area contributed by atoms with E-state index in [0.717, 1.165) is 11.1 Å². The van der Waals surface area contributed by atoms with Crippen molar-refractivity contribution in [3.05, 3.63) is 69.6 Å². The highest BCUT2D eigenvalue weighted by Crippen LogP contribution is 2.16. The van der Waals surface area contributed by atoms with Crippen molar-refractivity contribution >= 4 is 22.6 Å².